The zero-order valence-electron chi connectivity index (χ0n) is 10.3. The summed E-state index contributed by atoms with van der Waals surface area (Å²) in [6.07, 6.45) is 1.74. The molecule has 3 rings (SSSR count). The lowest BCUT2D eigenvalue weighted by Gasteiger charge is -1.99. The van der Waals surface area contributed by atoms with Gasteiger partial charge in [-0.2, -0.15) is 11.3 Å². The molecule has 2 aromatic rings. The van der Waals surface area contributed by atoms with Gasteiger partial charge in [0.2, 0.25) is 5.90 Å². The Labute approximate surface area is 114 Å². The number of ether oxygens (including phenoxy) is 1. The molecule has 3 nitrogen and oxygen atoms in total. The lowest BCUT2D eigenvalue weighted by atomic mass is 10.1. The van der Waals surface area contributed by atoms with Crippen molar-refractivity contribution < 1.29 is 9.53 Å². The Kier molecular flexibility index (Phi) is 3.01. The van der Waals surface area contributed by atoms with Gasteiger partial charge in [0, 0.05) is 5.56 Å². The number of cyclic esters (lactones) is 1. The molecule has 0 bridgehead atoms. The molecule has 1 aliphatic heterocycles. The van der Waals surface area contributed by atoms with Crippen molar-refractivity contribution in [3.05, 3.63) is 63.5 Å². The van der Waals surface area contributed by atoms with Gasteiger partial charge < -0.3 is 4.74 Å². The molecule has 0 radical (unpaired) electrons. The molecule has 0 saturated carbocycles. The van der Waals surface area contributed by atoms with Gasteiger partial charge in [0.25, 0.3) is 0 Å². The van der Waals surface area contributed by atoms with Crippen LogP contribution in [0.25, 0.3) is 6.08 Å². The molecule has 0 spiro atoms. The van der Waals surface area contributed by atoms with Crippen molar-refractivity contribution in [3.63, 3.8) is 0 Å². The van der Waals surface area contributed by atoms with Crippen LogP contribution in [-0.2, 0) is 9.53 Å². The van der Waals surface area contributed by atoms with Crippen LogP contribution >= 0.6 is 11.3 Å². The number of hydrogen-bond acceptors (Lipinski definition) is 4. The van der Waals surface area contributed by atoms with Crippen molar-refractivity contribution in [2.75, 3.05) is 0 Å². The van der Waals surface area contributed by atoms with Gasteiger partial charge in [-0.05, 0) is 47.5 Å². The predicted octanol–water partition coefficient (Wildman–Crippen LogP) is 3.40. The molecule has 2 heterocycles. The van der Waals surface area contributed by atoms with Crippen LogP contribution in [0, 0.1) is 6.92 Å². The van der Waals surface area contributed by atoms with Crippen LogP contribution < -0.4 is 0 Å². The molecule has 1 aromatic carbocycles. The Morgan fingerprint density at radius 3 is 2.95 bits per heavy atom. The van der Waals surface area contributed by atoms with Crippen molar-refractivity contribution >= 4 is 29.3 Å². The second-order valence-corrected chi connectivity index (χ2v) is 5.04. The first-order valence-corrected chi connectivity index (χ1v) is 6.78. The summed E-state index contributed by atoms with van der Waals surface area (Å²) in [5, 5.41) is 3.91. The summed E-state index contributed by atoms with van der Waals surface area (Å²) in [5.41, 5.74) is 3.23. The molecule has 1 aliphatic rings. The van der Waals surface area contributed by atoms with Gasteiger partial charge >= 0.3 is 5.97 Å². The maximum absolute atomic E-state index is 11.8. The fraction of sp³-hybridized carbons (Fsp3) is 0.0667. The number of carbonyl (C=O) groups is 1. The lowest BCUT2D eigenvalue weighted by molar-refractivity contribution is -0.129. The van der Waals surface area contributed by atoms with E-state index in [1.807, 2.05) is 48.0 Å². The molecule has 1 aromatic heterocycles. The minimum Gasteiger partial charge on any atom is -0.402 e. The number of rotatable bonds is 2. The molecular weight excluding hydrogens is 258 g/mol. The van der Waals surface area contributed by atoms with Gasteiger partial charge in [0.05, 0.1) is 0 Å². The molecule has 0 amide bonds. The number of nitrogens with zero attached hydrogens (tertiary/aromatic N) is 1. The molecule has 0 atom stereocenters. The first-order chi connectivity index (χ1) is 9.22. The van der Waals surface area contributed by atoms with Crippen molar-refractivity contribution in [1.82, 2.24) is 0 Å². The van der Waals surface area contributed by atoms with Crippen LogP contribution in [0.3, 0.4) is 0 Å². The highest BCUT2D eigenvalue weighted by molar-refractivity contribution is 7.08. The first kappa shape index (κ1) is 11.9. The second kappa shape index (κ2) is 4.82. The highest BCUT2D eigenvalue weighted by Crippen LogP contribution is 2.20. The van der Waals surface area contributed by atoms with E-state index in [1.54, 1.807) is 17.4 Å². The molecule has 94 valence electrons. The minimum atomic E-state index is -0.400. The molecule has 19 heavy (non-hydrogen) atoms. The summed E-state index contributed by atoms with van der Waals surface area (Å²) in [6, 6.07) is 9.67. The molecule has 0 N–H and O–H groups in total. The van der Waals surface area contributed by atoms with Gasteiger partial charge in [0.15, 0.2) is 5.70 Å². The van der Waals surface area contributed by atoms with Crippen LogP contribution in [0.4, 0.5) is 0 Å². The average Bonchev–Trinajstić information content (AvgIpc) is 3.01. The lowest BCUT2D eigenvalue weighted by Crippen LogP contribution is -2.05. The Morgan fingerprint density at radius 2 is 2.21 bits per heavy atom. The first-order valence-electron chi connectivity index (χ1n) is 5.84. The third kappa shape index (κ3) is 2.48. The standard InChI is InChI=1S/C15H11NO2S/c1-10-3-2-4-12(7-10)14-16-13(15(17)18-14)8-11-5-6-19-9-11/h2-9H,1H3/b13-8+. The number of hydrogen-bond donors (Lipinski definition) is 0. The maximum Gasteiger partial charge on any atom is 0.363 e. The summed E-state index contributed by atoms with van der Waals surface area (Å²) in [7, 11) is 0. The fourth-order valence-electron chi connectivity index (χ4n) is 1.83. The van der Waals surface area contributed by atoms with Crippen molar-refractivity contribution in [2.45, 2.75) is 6.92 Å². The molecule has 0 saturated heterocycles. The summed E-state index contributed by atoms with van der Waals surface area (Å²) in [6.45, 7) is 1.99. The van der Waals surface area contributed by atoms with Gasteiger partial charge in [-0.3, -0.25) is 0 Å². The van der Waals surface area contributed by atoms with Crippen molar-refractivity contribution in [1.29, 1.82) is 0 Å². The van der Waals surface area contributed by atoms with Crippen molar-refractivity contribution in [2.24, 2.45) is 4.99 Å². The van der Waals surface area contributed by atoms with Gasteiger partial charge in [-0.15, -0.1) is 0 Å². The number of benzene rings is 1. The Morgan fingerprint density at radius 1 is 1.32 bits per heavy atom. The van der Waals surface area contributed by atoms with E-state index >= 15 is 0 Å². The summed E-state index contributed by atoms with van der Waals surface area (Å²) < 4.78 is 5.21. The second-order valence-electron chi connectivity index (χ2n) is 4.26. The van der Waals surface area contributed by atoms with Crippen LogP contribution in [0.1, 0.15) is 16.7 Å². The highest BCUT2D eigenvalue weighted by Gasteiger charge is 2.24. The van der Waals surface area contributed by atoms with E-state index in [-0.39, 0.29) is 0 Å². The van der Waals surface area contributed by atoms with Gasteiger partial charge in [-0.1, -0.05) is 17.7 Å². The van der Waals surface area contributed by atoms with E-state index in [2.05, 4.69) is 4.99 Å². The quantitative estimate of drug-likeness (QED) is 0.619. The fourth-order valence-corrected chi connectivity index (χ4v) is 2.44. The van der Waals surface area contributed by atoms with Gasteiger partial charge in [-0.25, -0.2) is 9.79 Å². The van der Waals surface area contributed by atoms with E-state index in [1.165, 1.54) is 0 Å². The predicted molar refractivity (Wildman–Crippen MR) is 76.1 cm³/mol. The van der Waals surface area contributed by atoms with E-state index in [4.69, 9.17) is 4.74 Å². The van der Waals surface area contributed by atoms with E-state index in [0.29, 0.717) is 11.6 Å². The SMILES string of the molecule is Cc1cccc(C2=N/C(=C/c3ccsc3)C(=O)O2)c1. The van der Waals surface area contributed by atoms with Crippen LogP contribution in [0.2, 0.25) is 0 Å². The van der Waals surface area contributed by atoms with Crippen LogP contribution in [-0.4, -0.2) is 11.9 Å². The molecule has 0 fully saturated rings. The number of esters is 1. The molecule has 0 unspecified atom stereocenters. The number of aryl methyl sites for hydroxylation is 1. The Hall–Kier alpha value is -2.20. The molecule has 0 aliphatic carbocycles. The van der Waals surface area contributed by atoms with E-state index in [9.17, 15) is 4.79 Å². The largest absolute Gasteiger partial charge is 0.402 e. The normalized spacial score (nSPS) is 16.6. The third-order valence-corrected chi connectivity index (χ3v) is 3.43. The zero-order valence-corrected chi connectivity index (χ0v) is 11.1. The van der Waals surface area contributed by atoms with Gasteiger partial charge in [0.1, 0.15) is 0 Å². The summed E-state index contributed by atoms with van der Waals surface area (Å²) >= 11 is 1.58. The summed E-state index contributed by atoms with van der Waals surface area (Å²) in [4.78, 5) is 16.0. The minimum absolute atomic E-state index is 0.343. The van der Waals surface area contributed by atoms with Crippen LogP contribution in [0.5, 0.6) is 0 Å². The van der Waals surface area contributed by atoms with Crippen LogP contribution in [0.15, 0.2) is 51.8 Å². The number of carbonyl (C=O) groups excluding carboxylic acids is 1. The molecular formula is C15H11NO2S. The average molecular weight is 269 g/mol. The topological polar surface area (TPSA) is 38.7 Å². The van der Waals surface area contributed by atoms with Crippen molar-refractivity contribution in [3.8, 4) is 0 Å². The summed E-state index contributed by atoms with van der Waals surface area (Å²) in [5.74, 6) is -0.0297. The maximum atomic E-state index is 11.8. The molecule has 4 heteroatoms. The zero-order chi connectivity index (χ0) is 13.2. The third-order valence-electron chi connectivity index (χ3n) is 2.73. The Bertz CT molecular complexity index is 684. The number of aliphatic imine (C=N–C) groups is 1. The number of thiophene rings is 1. The van der Waals surface area contributed by atoms with E-state index in [0.717, 1.165) is 16.7 Å². The van der Waals surface area contributed by atoms with E-state index < -0.39 is 5.97 Å². The highest BCUT2D eigenvalue weighted by atomic mass is 32.1. The smallest absolute Gasteiger partial charge is 0.363 e. The Balaban J connectivity index is 1.95. The monoisotopic (exact) mass is 269 g/mol.